The summed E-state index contributed by atoms with van der Waals surface area (Å²) < 4.78 is 11.7. The smallest absolute Gasteiger partial charge is 0.161 e. The van der Waals surface area contributed by atoms with Gasteiger partial charge in [0.05, 0.1) is 13.2 Å². The van der Waals surface area contributed by atoms with Crippen LogP contribution in [0.2, 0.25) is 0 Å². The molecule has 20 heavy (non-hydrogen) atoms. The summed E-state index contributed by atoms with van der Waals surface area (Å²) in [5, 5.41) is 3.41. The highest BCUT2D eigenvalue weighted by atomic mass is 16.5. The molecule has 1 aliphatic heterocycles. The first-order valence-corrected chi connectivity index (χ1v) is 7.67. The van der Waals surface area contributed by atoms with Crippen LogP contribution in [0.15, 0.2) is 18.2 Å². The summed E-state index contributed by atoms with van der Waals surface area (Å²) in [5.41, 5.74) is 1.28. The van der Waals surface area contributed by atoms with Crippen molar-refractivity contribution >= 4 is 0 Å². The molecular weight excluding hydrogens is 250 g/mol. The third kappa shape index (κ3) is 3.89. The molecule has 0 saturated heterocycles. The minimum atomic E-state index is 0.381. The molecule has 3 heteroatoms. The largest absolute Gasteiger partial charge is 0.489 e. The van der Waals surface area contributed by atoms with E-state index in [1.54, 1.807) is 0 Å². The molecule has 2 unspecified atom stereocenters. The van der Waals surface area contributed by atoms with Gasteiger partial charge in [0, 0.05) is 12.0 Å². The number of hydrogen-bond acceptors (Lipinski definition) is 3. The first-order chi connectivity index (χ1) is 9.60. The molecule has 0 radical (unpaired) electrons. The maximum atomic E-state index is 5.87. The normalized spacial score (nSPS) is 19.8. The molecule has 0 aliphatic carbocycles. The molecular formula is C17H27NO2. The molecule has 3 nitrogen and oxygen atoms in total. The minimum Gasteiger partial charge on any atom is -0.489 e. The van der Waals surface area contributed by atoms with Crippen LogP contribution >= 0.6 is 0 Å². The zero-order valence-corrected chi connectivity index (χ0v) is 13.1. The van der Waals surface area contributed by atoms with E-state index in [0.717, 1.165) is 37.1 Å². The lowest BCUT2D eigenvalue weighted by molar-refractivity contribution is 0.228. The Balaban J connectivity index is 2.12. The average Bonchev–Trinajstić information content (AvgIpc) is 2.61. The third-order valence-corrected chi connectivity index (χ3v) is 3.80. The number of nitrogens with one attached hydrogen (secondary N) is 1. The molecule has 1 N–H and O–H groups in total. The summed E-state index contributed by atoms with van der Waals surface area (Å²) >= 11 is 0. The van der Waals surface area contributed by atoms with Crippen LogP contribution in [0, 0.1) is 11.8 Å². The van der Waals surface area contributed by atoms with Gasteiger partial charge in [0.2, 0.25) is 0 Å². The van der Waals surface area contributed by atoms with Gasteiger partial charge in [-0.3, -0.25) is 0 Å². The molecule has 1 aromatic rings. The van der Waals surface area contributed by atoms with Gasteiger partial charge < -0.3 is 14.8 Å². The predicted octanol–water partition coefficient (Wildman–Crippen LogP) is 3.79. The quantitative estimate of drug-likeness (QED) is 0.888. The highest BCUT2D eigenvalue weighted by molar-refractivity contribution is 5.44. The van der Waals surface area contributed by atoms with Crippen molar-refractivity contribution in [3.63, 3.8) is 0 Å². The molecule has 0 amide bonds. The van der Waals surface area contributed by atoms with E-state index in [4.69, 9.17) is 9.47 Å². The minimum absolute atomic E-state index is 0.381. The molecule has 0 fully saturated rings. The van der Waals surface area contributed by atoms with E-state index < -0.39 is 0 Å². The molecule has 2 rings (SSSR count). The fourth-order valence-electron chi connectivity index (χ4n) is 2.46. The van der Waals surface area contributed by atoms with Crippen molar-refractivity contribution < 1.29 is 9.47 Å². The average molecular weight is 277 g/mol. The lowest BCUT2D eigenvalue weighted by Gasteiger charge is -2.19. The second kappa shape index (κ2) is 6.98. The standard InChI is InChI=1S/C17H27NO2/c1-12(2)5-7-15(18-4)14-6-8-16-17(9-14)20-11-13(3)10-19-16/h6,8-9,12-13,15,18H,5,7,10-11H2,1-4H3. The van der Waals surface area contributed by atoms with Gasteiger partial charge in [-0.25, -0.2) is 0 Å². The van der Waals surface area contributed by atoms with Crippen molar-refractivity contribution in [2.45, 2.75) is 39.7 Å². The van der Waals surface area contributed by atoms with Crippen LogP contribution in [0.4, 0.5) is 0 Å². The van der Waals surface area contributed by atoms with Crippen LogP contribution in [-0.2, 0) is 0 Å². The Labute approximate surface area is 122 Å². The van der Waals surface area contributed by atoms with Crippen LogP contribution in [0.25, 0.3) is 0 Å². The van der Waals surface area contributed by atoms with Gasteiger partial charge in [-0.05, 0) is 43.5 Å². The molecule has 1 heterocycles. The summed E-state index contributed by atoms with van der Waals surface area (Å²) in [6.45, 7) is 8.14. The first-order valence-electron chi connectivity index (χ1n) is 7.67. The molecule has 112 valence electrons. The second-order valence-corrected chi connectivity index (χ2v) is 6.25. The van der Waals surface area contributed by atoms with Crippen LogP contribution in [0.3, 0.4) is 0 Å². The number of ether oxygens (including phenoxy) is 2. The number of rotatable bonds is 5. The highest BCUT2D eigenvalue weighted by Crippen LogP contribution is 2.34. The topological polar surface area (TPSA) is 30.5 Å². The van der Waals surface area contributed by atoms with Crippen molar-refractivity contribution in [2.75, 3.05) is 20.3 Å². The summed E-state index contributed by atoms with van der Waals surface area (Å²) in [6.07, 6.45) is 2.36. The molecule has 1 aromatic carbocycles. The van der Waals surface area contributed by atoms with Crippen molar-refractivity contribution in [3.05, 3.63) is 23.8 Å². The fraction of sp³-hybridized carbons (Fsp3) is 0.647. The van der Waals surface area contributed by atoms with Crippen LogP contribution in [0.5, 0.6) is 11.5 Å². The third-order valence-electron chi connectivity index (χ3n) is 3.80. The maximum Gasteiger partial charge on any atom is 0.161 e. The fourth-order valence-corrected chi connectivity index (χ4v) is 2.46. The summed E-state index contributed by atoms with van der Waals surface area (Å²) in [6, 6.07) is 6.71. The molecule has 2 atom stereocenters. The Kier molecular flexibility index (Phi) is 5.30. The molecule has 1 aliphatic rings. The van der Waals surface area contributed by atoms with Crippen molar-refractivity contribution in [2.24, 2.45) is 11.8 Å². The van der Waals surface area contributed by atoms with Gasteiger partial charge in [0.15, 0.2) is 11.5 Å². The molecule has 0 bridgehead atoms. The van der Waals surface area contributed by atoms with E-state index in [-0.39, 0.29) is 0 Å². The number of hydrogen-bond donors (Lipinski definition) is 1. The van der Waals surface area contributed by atoms with Gasteiger partial charge >= 0.3 is 0 Å². The highest BCUT2D eigenvalue weighted by Gasteiger charge is 2.17. The van der Waals surface area contributed by atoms with E-state index in [1.165, 1.54) is 12.0 Å². The van der Waals surface area contributed by atoms with Gasteiger partial charge in [-0.15, -0.1) is 0 Å². The number of benzene rings is 1. The van der Waals surface area contributed by atoms with Gasteiger partial charge in [0.25, 0.3) is 0 Å². The Hall–Kier alpha value is -1.22. The predicted molar refractivity (Wildman–Crippen MR) is 82.5 cm³/mol. The van der Waals surface area contributed by atoms with Crippen LogP contribution in [-0.4, -0.2) is 20.3 Å². The van der Waals surface area contributed by atoms with E-state index in [9.17, 15) is 0 Å². The Morgan fingerprint density at radius 2 is 1.85 bits per heavy atom. The van der Waals surface area contributed by atoms with E-state index in [1.807, 2.05) is 13.1 Å². The van der Waals surface area contributed by atoms with Gasteiger partial charge in [-0.2, -0.15) is 0 Å². The summed E-state index contributed by atoms with van der Waals surface area (Å²) in [7, 11) is 2.02. The zero-order valence-electron chi connectivity index (χ0n) is 13.1. The second-order valence-electron chi connectivity index (χ2n) is 6.25. The SMILES string of the molecule is CNC(CCC(C)C)c1ccc2c(c1)OCC(C)CO2. The Morgan fingerprint density at radius 3 is 2.50 bits per heavy atom. The van der Waals surface area contributed by atoms with Crippen molar-refractivity contribution in [1.29, 1.82) is 0 Å². The lowest BCUT2D eigenvalue weighted by atomic mass is 9.97. The molecule has 0 aromatic heterocycles. The summed E-state index contributed by atoms with van der Waals surface area (Å²) in [4.78, 5) is 0. The monoisotopic (exact) mass is 277 g/mol. The van der Waals surface area contributed by atoms with Crippen LogP contribution < -0.4 is 14.8 Å². The van der Waals surface area contributed by atoms with Crippen molar-refractivity contribution in [3.8, 4) is 11.5 Å². The first kappa shape index (κ1) is 15.2. The molecule has 0 saturated carbocycles. The van der Waals surface area contributed by atoms with Crippen molar-refractivity contribution in [1.82, 2.24) is 5.32 Å². The summed E-state index contributed by atoms with van der Waals surface area (Å²) in [5.74, 6) is 2.92. The lowest BCUT2D eigenvalue weighted by Crippen LogP contribution is -2.17. The molecule has 0 spiro atoms. The van der Waals surface area contributed by atoms with E-state index >= 15 is 0 Å². The Bertz CT molecular complexity index is 431. The zero-order chi connectivity index (χ0) is 14.5. The Morgan fingerprint density at radius 1 is 1.15 bits per heavy atom. The van der Waals surface area contributed by atoms with Gasteiger partial charge in [-0.1, -0.05) is 26.8 Å². The van der Waals surface area contributed by atoms with E-state index in [0.29, 0.717) is 12.0 Å². The number of fused-ring (bicyclic) bond motifs is 1. The van der Waals surface area contributed by atoms with E-state index in [2.05, 4.69) is 38.2 Å². The van der Waals surface area contributed by atoms with Crippen LogP contribution in [0.1, 0.15) is 45.2 Å². The maximum absolute atomic E-state index is 5.87. The van der Waals surface area contributed by atoms with Gasteiger partial charge in [0.1, 0.15) is 0 Å².